The molecule has 0 aliphatic heterocycles. The summed E-state index contributed by atoms with van der Waals surface area (Å²) in [5.74, 6) is -4.28. The Hall–Kier alpha value is -4.48. The molecule has 1 aliphatic rings. The minimum absolute atomic E-state index is 0. The number of aromatic carboxylic acids is 3. The molecule has 221 valence electrons. The van der Waals surface area contributed by atoms with E-state index in [1.54, 1.807) is 18.2 Å². The van der Waals surface area contributed by atoms with E-state index in [-0.39, 0.29) is 41.6 Å². The predicted octanol–water partition coefficient (Wildman–Crippen LogP) is 5.09. The number of carbonyl (C=O) groups excluding carboxylic acids is 1. The second kappa shape index (κ2) is 14.8. The van der Waals surface area contributed by atoms with E-state index in [0.717, 1.165) is 36.1 Å². The normalized spacial score (nSPS) is 13.3. The summed E-state index contributed by atoms with van der Waals surface area (Å²) in [5, 5.41) is 29.2. The van der Waals surface area contributed by atoms with Gasteiger partial charge in [-0.3, -0.25) is 4.79 Å². The van der Waals surface area contributed by atoms with Crippen molar-refractivity contribution in [1.29, 1.82) is 0 Å². The van der Waals surface area contributed by atoms with Crippen LogP contribution in [0.3, 0.4) is 0 Å². The summed E-state index contributed by atoms with van der Waals surface area (Å²) in [5.41, 5.74) is 0.333. The monoisotopic (exact) mass is 606 g/mol. The van der Waals surface area contributed by atoms with Gasteiger partial charge in [0.1, 0.15) is 11.5 Å². The van der Waals surface area contributed by atoms with E-state index in [1.807, 2.05) is 60.7 Å². The maximum Gasteiger partial charge on any atom is 0.336 e. The zero-order valence-electron chi connectivity index (χ0n) is 23.9. The van der Waals surface area contributed by atoms with E-state index < -0.39 is 52.1 Å². The largest absolute Gasteiger partial charge is 0.478 e. The van der Waals surface area contributed by atoms with Crippen LogP contribution in [-0.2, 0) is 13.0 Å². The minimum atomic E-state index is -1.61. The molecule has 0 bridgehead atoms. The molecule has 4 aromatic rings. The third-order valence-electron chi connectivity index (χ3n) is 7.28. The quantitative estimate of drug-likeness (QED) is 0.221. The van der Waals surface area contributed by atoms with Crippen LogP contribution in [0, 0.1) is 0 Å². The van der Waals surface area contributed by atoms with Crippen molar-refractivity contribution in [2.24, 2.45) is 0 Å². The zero-order valence-corrected chi connectivity index (χ0v) is 25.9. The Morgan fingerprint density at radius 1 is 0.705 bits per heavy atom. The number of nitrogens with zero attached hydrogens (tertiary/aromatic N) is 1. The van der Waals surface area contributed by atoms with Crippen molar-refractivity contribution in [2.75, 3.05) is 0 Å². The van der Waals surface area contributed by atoms with E-state index in [1.165, 1.54) is 4.90 Å². The molecule has 0 unspecified atom stereocenters. The summed E-state index contributed by atoms with van der Waals surface area (Å²) in [6.07, 6.45) is 2.21. The molecule has 11 heteroatoms. The molecular formula is C33H29NNaO9. The Labute approximate surface area is 275 Å². The molecule has 0 aromatic heterocycles. The molecule has 5 rings (SSSR count). The van der Waals surface area contributed by atoms with Crippen molar-refractivity contribution < 1.29 is 44.7 Å². The van der Waals surface area contributed by atoms with Gasteiger partial charge in [-0.25, -0.2) is 14.4 Å². The van der Waals surface area contributed by atoms with Crippen molar-refractivity contribution in [3.8, 4) is 11.5 Å². The summed E-state index contributed by atoms with van der Waals surface area (Å²) < 4.78 is 5.97. The van der Waals surface area contributed by atoms with Crippen LogP contribution < -0.4 is 4.74 Å². The number of ether oxygens (including phenoxy) is 1. The molecular weight excluding hydrogens is 577 g/mol. The number of para-hydroxylation sites is 1. The molecule has 10 nitrogen and oxygen atoms in total. The smallest absolute Gasteiger partial charge is 0.336 e. The zero-order chi connectivity index (χ0) is 29.8. The second-order valence-electron chi connectivity index (χ2n) is 9.96. The molecule has 1 amide bonds. The van der Waals surface area contributed by atoms with Gasteiger partial charge in [0.25, 0.3) is 5.91 Å². The van der Waals surface area contributed by atoms with E-state index in [0.29, 0.717) is 23.5 Å². The maximum atomic E-state index is 14.3. The minimum Gasteiger partial charge on any atom is -0.478 e. The first kappa shape index (κ1) is 34.0. The third kappa shape index (κ3) is 7.35. The van der Waals surface area contributed by atoms with Crippen molar-refractivity contribution in [1.82, 2.24) is 4.90 Å². The topological polar surface area (TPSA) is 173 Å². The Morgan fingerprint density at radius 3 is 1.93 bits per heavy atom. The number of benzene rings is 4. The van der Waals surface area contributed by atoms with Gasteiger partial charge in [0, 0.05) is 36.1 Å². The number of hydrogen-bond acceptors (Lipinski definition) is 5. The van der Waals surface area contributed by atoms with E-state index in [9.17, 15) is 34.5 Å². The van der Waals surface area contributed by atoms with Gasteiger partial charge in [0.15, 0.2) is 0 Å². The first-order chi connectivity index (χ1) is 20.2. The molecule has 1 radical (unpaired) electrons. The van der Waals surface area contributed by atoms with Crippen LogP contribution in [0.15, 0.2) is 91.0 Å². The van der Waals surface area contributed by atoms with E-state index >= 15 is 0 Å². The molecule has 4 aromatic carbocycles. The predicted molar refractivity (Wildman–Crippen MR) is 162 cm³/mol. The molecule has 5 N–H and O–H groups in total. The molecule has 0 heterocycles. The number of hydrogen-bond donors (Lipinski definition) is 3. The van der Waals surface area contributed by atoms with Crippen LogP contribution in [0.1, 0.15) is 77.0 Å². The van der Waals surface area contributed by atoms with Gasteiger partial charge in [-0.15, -0.1) is 0 Å². The van der Waals surface area contributed by atoms with Gasteiger partial charge in [0.05, 0.1) is 28.3 Å². The molecule has 0 spiro atoms. The van der Waals surface area contributed by atoms with E-state index in [2.05, 4.69) is 0 Å². The van der Waals surface area contributed by atoms with Gasteiger partial charge in [-0.1, -0.05) is 54.6 Å². The number of amides is 1. The van der Waals surface area contributed by atoms with Crippen LogP contribution in [0.25, 0.3) is 0 Å². The summed E-state index contributed by atoms with van der Waals surface area (Å²) in [6, 6.07) is 25.3. The summed E-state index contributed by atoms with van der Waals surface area (Å²) >= 11 is 0. The number of aryl methyl sites for hydroxylation is 1. The Balaban J connectivity index is 0.00000264. The summed E-state index contributed by atoms with van der Waals surface area (Å²) in [4.78, 5) is 51.8. The van der Waals surface area contributed by atoms with Gasteiger partial charge < -0.3 is 30.4 Å². The van der Waals surface area contributed by atoms with Crippen LogP contribution in [0.2, 0.25) is 0 Å². The Kier molecular flexibility index (Phi) is 11.4. The summed E-state index contributed by atoms with van der Waals surface area (Å²) in [7, 11) is 0. The maximum absolute atomic E-state index is 14.3. The van der Waals surface area contributed by atoms with Crippen molar-refractivity contribution in [3.63, 3.8) is 0 Å². The number of carbonyl (C=O) groups is 4. The molecule has 0 fully saturated rings. The van der Waals surface area contributed by atoms with Crippen LogP contribution in [0.4, 0.5) is 0 Å². The van der Waals surface area contributed by atoms with Gasteiger partial charge >= 0.3 is 17.9 Å². The van der Waals surface area contributed by atoms with Crippen molar-refractivity contribution >= 4 is 53.4 Å². The van der Waals surface area contributed by atoms with Gasteiger partial charge in [-0.05, 0) is 72.4 Å². The number of carboxylic acids is 3. The van der Waals surface area contributed by atoms with Crippen LogP contribution in [-0.4, -0.2) is 79.1 Å². The molecule has 44 heavy (non-hydrogen) atoms. The Morgan fingerprint density at radius 2 is 1.27 bits per heavy atom. The first-order valence-corrected chi connectivity index (χ1v) is 13.3. The fourth-order valence-corrected chi connectivity index (χ4v) is 5.37. The van der Waals surface area contributed by atoms with Crippen LogP contribution in [0.5, 0.6) is 11.5 Å². The number of carboxylic acid groups (broad SMARTS) is 3. The van der Waals surface area contributed by atoms with Crippen molar-refractivity contribution in [3.05, 3.63) is 130 Å². The molecule has 1 aliphatic carbocycles. The SMILES string of the molecule is O.O=C(O)c1cc(C(=O)O)c(C(=O)N(Cc2cccc(Oc3ccccc3)c2)[C@H]2CCCc3ccccc32)cc1C(=O)O.[Na]. The average molecular weight is 607 g/mol. The summed E-state index contributed by atoms with van der Waals surface area (Å²) in [6.45, 7) is 0.0615. The Bertz CT molecular complexity index is 1690. The van der Waals surface area contributed by atoms with Crippen LogP contribution >= 0.6 is 0 Å². The fourth-order valence-electron chi connectivity index (χ4n) is 5.37. The van der Waals surface area contributed by atoms with Gasteiger partial charge in [-0.2, -0.15) is 0 Å². The third-order valence-corrected chi connectivity index (χ3v) is 7.28. The second-order valence-corrected chi connectivity index (χ2v) is 9.96. The number of rotatable bonds is 9. The fraction of sp³-hybridized carbons (Fsp3) is 0.152. The molecule has 1 atom stereocenters. The molecule has 0 saturated carbocycles. The van der Waals surface area contributed by atoms with E-state index in [4.69, 9.17) is 4.74 Å². The molecule has 0 saturated heterocycles. The average Bonchev–Trinajstić information content (AvgIpc) is 2.99. The number of fused-ring (bicyclic) bond motifs is 1. The van der Waals surface area contributed by atoms with Gasteiger partial charge in [0.2, 0.25) is 0 Å². The van der Waals surface area contributed by atoms with Crippen molar-refractivity contribution in [2.45, 2.75) is 31.8 Å². The first-order valence-electron chi connectivity index (χ1n) is 13.3. The standard InChI is InChI=1S/C33H27NO8.Na.H2O/c35-30(25-17-27(32(38)39)28(33(40)41)18-26(25)31(36)37)34(29-15-7-10-21-9-4-5-14-24(21)29)19-20-8-6-13-23(16-20)42-22-11-2-1-3-12-22;;/h1-6,8-9,11-14,16-18,29H,7,10,15,19H2,(H,36,37)(H,38,39)(H,40,41);;1H2/t29-;;/m0../s1.